The Morgan fingerprint density at radius 3 is 2.48 bits per heavy atom. The van der Waals surface area contributed by atoms with E-state index < -0.39 is 11.2 Å². The fourth-order valence-corrected chi connectivity index (χ4v) is 2.15. The molecule has 9 heteroatoms. The van der Waals surface area contributed by atoms with Crippen molar-refractivity contribution in [2.75, 3.05) is 7.11 Å². The zero-order valence-electron chi connectivity index (χ0n) is 12.8. The van der Waals surface area contributed by atoms with Gasteiger partial charge in [-0.3, -0.25) is 13.9 Å². The van der Waals surface area contributed by atoms with Crippen LogP contribution in [-0.4, -0.2) is 37.6 Å². The number of fused-ring (bicyclic) bond motifs is 1. The first-order valence-electron chi connectivity index (χ1n) is 6.72. The van der Waals surface area contributed by atoms with Gasteiger partial charge in [-0.25, -0.2) is 4.79 Å². The highest BCUT2D eigenvalue weighted by Crippen LogP contribution is 2.10. The molecule has 0 atom stereocenters. The molecule has 0 unspecified atom stereocenters. The molecule has 0 fully saturated rings. The maximum Gasteiger partial charge on any atom is 0.332 e. The molecule has 1 aromatic carbocycles. The van der Waals surface area contributed by atoms with E-state index in [1.54, 1.807) is 25.5 Å². The van der Waals surface area contributed by atoms with Crippen LogP contribution >= 0.6 is 0 Å². The van der Waals surface area contributed by atoms with Crippen molar-refractivity contribution >= 4 is 17.4 Å². The molecule has 0 saturated carbocycles. The number of aromatic nitrogens is 5. The number of rotatable bonds is 3. The van der Waals surface area contributed by atoms with Crippen LogP contribution in [-0.2, 0) is 14.1 Å². The molecule has 0 spiro atoms. The normalized spacial score (nSPS) is 11.4. The Kier molecular flexibility index (Phi) is 3.53. The molecule has 2 heterocycles. The highest BCUT2D eigenvalue weighted by atomic mass is 16.5. The van der Waals surface area contributed by atoms with Crippen LogP contribution in [0.25, 0.3) is 11.2 Å². The minimum absolute atomic E-state index is 0.0847. The van der Waals surface area contributed by atoms with Gasteiger partial charge in [0.25, 0.3) is 5.56 Å². The predicted molar refractivity (Wildman–Crippen MR) is 84.0 cm³/mol. The highest BCUT2D eigenvalue weighted by Gasteiger charge is 2.14. The number of hydrogen-bond acceptors (Lipinski definition) is 6. The second-order valence-electron chi connectivity index (χ2n) is 4.87. The first kappa shape index (κ1) is 14.7. The van der Waals surface area contributed by atoms with Gasteiger partial charge in [-0.05, 0) is 35.0 Å². The first-order chi connectivity index (χ1) is 11.0. The third kappa shape index (κ3) is 2.41. The van der Waals surface area contributed by atoms with Gasteiger partial charge in [-0.2, -0.15) is 5.10 Å². The molecule has 118 valence electrons. The Hall–Kier alpha value is -3.23. The van der Waals surface area contributed by atoms with Crippen molar-refractivity contribution < 1.29 is 4.74 Å². The van der Waals surface area contributed by atoms with E-state index in [0.29, 0.717) is 0 Å². The van der Waals surface area contributed by atoms with Gasteiger partial charge in [0.15, 0.2) is 11.2 Å². The summed E-state index contributed by atoms with van der Waals surface area (Å²) in [7, 11) is 4.52. The average molecular weight is 314 g/mol. The van der Waals surface area contributed by atoms with Crippen LogP contribution in [0.4, 0.5) is 0 Å². The highest BCUT2D eigenvalue weighted by molar-refractivity contribution is 5.80. The van der Waals surface area contributed by atoms with E-state index in [1.807, 2.05) is 12.1 Å². The molecule has 0 N–H and O–H groups in total. The Morgan fingerprint density at radius 1 is 1.13 bits per heavy atom. The Bertz CT molecular complexity index is 1010. The summed E-state index contributed by atoms with van der Waals surface area (Å²) >= 11 is 0. The van der Waals surface area contributed by atoms with Gasteiger partial charge in [0, 0.05) is 14.1 Å². The van der Waals surface area contributed by atoms with E-state index in [9.17, 15) is 9.59 Å². The fourth-order valence-electron chi connectivity index (χ4n) is 2.15. The van der Waals surface area contributed by atoms with Crippen LogP contribution in [0, 0.1) is 0 Å². The lowest BCUT2D eigenvalue weighted by atomic mass is 10.2. The topological polar surface area (TPSA) is 96.3 Å². The summed E-state index contributed by atoms with van der Waals surface area (Å²) in [5, 5.41) is 11.8. The Morgan fingerprint density at radius 2 is 1.83 bits per heavy atom. The summed E-state index contributed by atoms with van der Waals surface area (Å²) < 4.78 is 7.34. The number of benzene rings is 1. The Labute approximate surface area is 130 Å². The zero-order valence-corrected chi connectivity index (χ0v) is 12.8. The fraction of sp³-hybridized carbons (Fsp3) is 0.214. The Balaban J connectivity index is 2.08. The van der Waals surface area contributed by atoms with Gasteiger partial charge < -0.3 is 4.74 Å². The quantitative estimate of drug-likeness (QED) is 0.619. The van der Waals surface area contributed by atoms with Crippen LogP contribution in [0.2, 0.25) is 0 Å². The summed E-state index contributed by atoms with van der Waals surface area (Å²) in [5.74, 6) is 0.735. The molecule has 9 nitrogen and oxygen atoms in total. The van der Waals surface area contributed by atoms with Gasteiger partial charge >= 0.3 is 5.69 Å². The van der Waals surface area contributed by atoms with Gasteiger partial charge in [0.05, 0.1) is 13.3 Å². The second kappa shape index (κ2) is 5.52. The summed E-state index contributed by atoms with van der Waals surface area (Å²) in [6.45, 7) is 0. The first-order valence-corrected chi connectivity index (χ1v) is 6.72. The van der Waals surface area contributed by atoms with Crippen molar-refractivity contribution in [2.24, 2.45) is 19.2 Å². The number of hydrogen-bond donors (Lipinski definition) is 0. The molecular formula is C14H14N6O3. The lowest BCUT2D eigenvalue weighted by Crippen LogP contribution is -2.37. The van der Waals surface area contributed by atoms with Crippen LogP contribution in [0.15, 0.2) is 39.0 Å². The standard InChI is InChI=1S/C14H14N6O3/c1-18-12-11(13(21)19(2)14(18)22)16-17-20(12)15-8-9-4-6-10(23-3)7-5-9/h4-8H,1-3H3. The third-order valence-corrected chi connectivity index (χ3v) is 3.46. The molecule has 0 aliphatic heterocycles. The maximum absolute atomic E-state index is 12.0. The molecule has 0 bridgehead atoms. The van der Waals surface area contributed by atoms with Gasteiger partial charge in [0.1, 0.15) is 5.75 Å². The van der Waals surface area contributed by atoms with Gasteiger partial charge in [-0.15, -0.1) is 9.89 Å². The molecule has 0 aliphatic carbocycles. The minimum atomic E-state index is -0.506. The minimum Gasteiger partial charge on any atom is -0.497 e. The molecule has 3 aromatic rings. The summed E-state index contributed by atoms with van der Waals surface area (Å²) in [4.78, 5) is 25.2. The zero-order chi connectivity index (χ0) is 16.6. The van der Waals surface area contributed by atoms with Crippen molar-refractivity contribution in [3.05, 3.63) is 50.7 Å². The molecule has 0 amide bonds. The summed E-state index contributed by atoms with van der Waals surface area (Å²) in [5.41, 5.74) is 0.160. The van der Waals surface area contributed by atoms with Gasteiger partial charge in [-0.1, -0.05) is 0 Å². The second-order valence-corrected chi connectivity index (χ2v) is 4.87. The number of ether oxygens (including phenoxy) is 1. The lowest BCUT2D eigenvalue weighted by Gasteiger charge is -2.03. The van der Waals surface area contributed by atoms with Crippen LogP contribution in [0.5, 0.6) is 5.75 Å². The van der Waals surface area contributed by atoms with E-state index in [-0.39, 0.29) is 11.2 Å². The third-order valence-electron chi connectivity index (χ3n) is 3.46. The van der Waals surface area contributed by atoms with Crippen LogP contribution in [0.1, 0.15) is 5.56 Å². The molecule has 0 saturated heterocycles. The molecule has 0 radical (unpaired) electrons. The van der Waals surface area contributed by atoms with E-state index in [2.05, 4.69) is 15.4 Å². The van der Waals surface area contributed by atoms with Gasteiger partial charge in [0.2, 0.25) is 0 Å². The smallest absolute Gasteiger partial charge is 0.332 e. The monoisotopic (exact) mass is 314 g/mol. The lowest BCUT2D eigenvalue weighted by molar-refractivity contribution is 0.415. The number of nitrogens with zero attached hydrogens (tertiary/aromatic N) is 6. The van der Waals surface area contributed by atoms with Crippen molar-refractivity contribution in [3.63, 3.8) is 0 Å². The van der Waals surface area contributed by atoms with E-state index >= 15 is 0 Å². The number of aryl methyl sites for hydroxylation is 1. The van der Waals surface area contributed by atoms with Crippen molar-refractivity contribution in [3.8, 4) is 5.75 Å². The summed E-state index contributed by atoms with van der Waals surface area (Å²) in [6, 6.07) is 7.23. The van der Waals surface area contributed by atoms with Crippen LogP contribution < -0.4 is 16.0 Å². The van der Waals surface area contributed by atoms with Crippen molar-refractivity contribution in [1.29, 1.82) is 0 Å². The molecule has 3 rings (SSSR count). The molecule has 0 aliphatic rings. The predicted octanol–water partition coefficient (Wildman–Crippen LogP) is -0.280. The average Bonchev–Trinajstić information content (AvgIpc) is 3.00. The molecule has 23 heavy (non-hydrogen) atoms. The number of methoxy groups -OCH3 is 1. The van der Waals surface area contributed by atoms with E-state index in [0.717, 1.165) is 20.7 Å². The summed E-state index contributed by atoms with van der Waals surface area (Å²) in [6.07, 6.45) is 1.55. The van der Waals surface area contributed by atoms with Crippen LogP contribution in [0.3, 0.4) is 0 Å². The SMILES string of the molecule is COc1ccc(C=Nn2nnc3c(=O)n(C)c(=O)n(C)c32)cc1. The maximum atomic E-state index is 12.0. The van der Waals surface area contributed by atoms with Crippen molar-refractivity contribution in [2.45, 2.75) is 0 Å². The van der Waals surface area contributed by atoms with Crippen molar-refractivity contribution in [1.82, 2.24) is 24.2 Å². The molecular weight excluding hydrogens is 300 g/mol. The van der Waals surface area contributed by atoms with E-state index in [1.165, 1.54) is 18.7 Å². The molecule has 2 aromatic heterocycles. The van der Waals surface area contributed by atoms with E-state index in [4.69, 9.17) is 4.74 Å². The largest absolute Gasteiger partial charge is 0.497 e.